The van der Waals surface area contributed by atoms with Crippen molar-refractivity contribution < 1.29 is 13.6 Å². The minimum absolute atomic E-state index is 0.179. The summed E-state index contributed by atoms with van der Waals surface area (Å²) in [6.07, 6.45) is 1.31. The number of halogens is 2. The van der Waals surface area contributed by atoms with E-state index in [2.05, 4.69) is 15.5 Å². The van der Waals surface area contributed by atoms with Crippen molar-refractivity contribution in [1.29, 1.82) is 0 Å². The second-order valence-electron chi connectivity index (χ2n) is 3.71. The summed E-state index contributed by atoms with van der Waals surface area (Å²) >= 11 is 0. The molecule has 1 aromatic carbocycles. The van der Waals surface area contributed by atoms with E-state index in [4.69, 9.17) is 5.73 Å². The lowest BCUT2D eigenvalue weighted by Gasteiger charge is -2.09. The molecule has 1 amide bonds. The summed E-state index contributed by atoms with van der Waals surface area (Å²) in [5, 5.41) is 8.53. The van der Waals surface area contributed by atoms with E-state index in [0.717, 1.165) is 6.07 Å². The second-order valence-corrected chi connectivity index (χ2v) is 3.71. The van der Waals surface area contributed by atoms with E-state index in [1.54, 1.807) is 6.92 Å². The number of amides is 1. The molecule has 0 saturated carbocycles. The highest BCUT2D eigenvalue weighted by molar-refractivity contribution is 6.06. The molecule has 1 aromatic heterocycles. The van der Waals surface area contributed by atoms with Crippen LogP contribution in [-0.2, 0) is 0 Å². The second kappa shape index (κ2) is 4.44. The van der Waals surface area contributed by atoms with E-state index in [9.17, 15) is 13.6 Å². The van der Waals surface area contributed by atoms with Crippen LogP contribution < -0.4 is 11.1 Å². The first-order chi connectivity index (χ1) is 8.49. The lowest BCUT2D eigenvalue weighted by atomic mass is 10.2. The van der Waals surface area contributed by atoms with Crippen molar-refractivity contribution in [1.82, 2.24) is 10.2 Å². The molecular weight excluding hydrogens is 242 g/mol. The third-order valence-corrected chi connectivity index (χ3v) is 2.40. The van der Waals surface area contributed by atoms with Crippen LogP contribution in [0.15, 0.2) is 18.3 Å². The van der Waals surface area contributed by atoms with Gasteiger partial charge in [-0.05, 0) is 13.0 Å². The first-order valence-electron chi connectivity index (χ1n) is 5.05. The molecular formula is C11H10F2N4O. The summed E-state index contributed by atoms with van der Waals surface area (Å²) in [4.78, 5) is 11.8. The third kappa shape index (κ3) is 2.15. The van der Waals surface area contributed by atoms with Gasteiger partial charge in [0.05, 0.1) is 17.4 Å². The predicted octanol–water partition coefficient (Wildman–Crippen LogP) is 1.83. The Bertz CT molecular complexity index is 586. The molecule has 0 atom stereocenters. The molecule has 0 fully saturated rings. The molecule has 0 unspecified atom stereocenters. The number of benzene rings is 1. The van der Waals surface area contributed by atoms with E-state index in [0.29, 0.717) is 11.8 Å². The summed E-state index contributed by atoms with van der Waals surface area (Å²) in [5.41, 5.74) is 5.81. The van der Waals surface area contributed by atoms with Crippen LogP contribution >= 0.6 is 0 Å². The van der Waals surface area contributed by atoms with Crippen molar-refractivity contribution in [2.24, 2.45) is 0 Å². The highest BCUT2D eigenvalue weighted by Crippen LogP contribution is 2.24. The summed E-state index contributed by atoms with van der Waals surface area (Å²) in [6, 6.07) is 1.58. The van der Waals surface area contributed by atoms with Gasteiger partial charge in [-0.3, -0.25) is 9.89 Å². The minimum atomic E-state index is -0.929. The Morgan fingerprint density at radius 3 is 2.72 bits per heavy atom. The first-order valence-corrected chi connectivity index (χ1v) is 5.05. The SMILES string of the molecule is Cc1[nH]ncc1C(=O)Nc1c(N)cc(F)cc1F. The van der Waals surface area contributed by atoms with Gasteiger partial charge in [-0.25, -0.2) is 8.78 Å². The van der Waals surface area contributed by atoms with E-state index in [1.165, 1.54) is 6.20 Å². The Labute approximate surface area is 101 Å². The van der Waals surface area contributed by atoms with Crippen LogP contribution in [0.3, 0.4) is 0 Å². The smallest absolute Gasteiger partial charge is 0.259 e. The molecule has 0 aliphatic carbocycles. The zero-order chi connectivity index (χ0) is 13.3. The molecule has 2 rings (SSSR count). The van der Waals surface area contributed by atoms with Crippen molar-refractivity contribution in [3.8, 4) is 0 Å². The number of hydrogen-bond donors (Lipinski definition) is 3. The maximum absolute atomic E-state index is 13.5. The van der Waals surface area contributed by atoms with Crippen LogP contribution in [0.2, 0.25) is 0 Å². The minimum Gasteiger partial charge on any atom is -0.397 e. The number of nitrogen functional groups attached to an aromatic ring is 1. The zero-order valence-electron chi connectivity index (χ0n) is 9.42. The van der Waals surface area contributed by atoms with Gasteiger partial charge >= 0.3 is 0 Å². The van der Waals surface area contributed by atoms with E-state index in [1.807, 2.05) is 0 Å². The molecule has 4 N–H and O–H groups in total. The molecule has 0 saturated heterocycles. The fraction of sp³-hybridized carbons (Fsp3) is 0.0909. The average Bonchev–Trinajstić information content (AvgIpc) is 2.69. The summed E-state index contributed by atoms with van der Waals surface area (Å²) in [5.74, 6) is -2.30. The molecule has 94 valence electrons. The number of carbonyl (C=O) groups excluding carboxylic acids is 1. The van der Waals surface area contributed by atoms with E-state index in [-0.39, 0.29) is 16.9 Å². The predicted molar refractivity (Wildman–Crippen MR) is 62.0 cm³/mol. The van der Waals surface area contributed by atoms with Gasteiger partial charge in [0.25, 0.3) is 5.91 Å². The van der Waals surface area contributed by atoms with Gasteiger partial charge in [0, 0.05) is 11.8 Å². The van der Waals surface area contributed by atoms with Crippen molar-refractivity contribution in [2.45, 2.75) is 6.92 Å². The fourth-order valence-electron chi connectivity index (χ4n) is 1.49. The molecule has 0 aliphatic rings. The number of anilines is 2. The van der Waals surface area contributed by atoms with Gasteiger partial charge in [0.15, 0.2) is 5.82 Å². The van der Waals surface area contributed by atoms with Crippen LogP contribution in [-0.4, -0.2) is 16.1 Å². The Kier molecular flexibility index (Phi) is 2.97. The molecule has 0 aliphatic heterocycles. The van der Waals surface area contributed by atoms with Gasteiger partial charge in [-0.2, -0.15) is 5.10 Å². The monoisotopic (exact) mass is 252 g/mol. The lowest BCUT2D eigenvalue weighted by molar-refractivity contribution is 0.102. The molecule has 7 heteroatoms. The average molecular weight is 252 g/mol. The number of H-pyrrole nitrogens is 1. The Morgan fingerprint density at radius 2 is 2.17 bits per heavy atom. The van der Waals surface area contributed by atoms with Crippen molar-refractivity contribution in [3.05, 3.63) is 41.2 Å². The molecule has 18 heavy (non-hydrogen) atoms. The molecule has 0 bridgehead atoms. The molecule has 1 heterocycles. The van der Waals surface area contributed by atoms with Gasteiger partial charge in [0.2, 0.25) is 0 Å². The van der Waals surface area contributed by atoms with Crippen LogP contribution in [0.4, 0.5) is 20.2 Å². The maximum Gasteiger partial charge on any atom is 0.259 e. The zero-order valence-corrected chi connectivity index (χ0v) is 9.42. The van der Waals surface area contributed by atoms with Crippen molar-refractivity contribution in [3.63, 3.8) is 0 Å². The Balaban J connectivity index is 2.31. The normalized spacial score (nSPS) is 10.4. The van der Waals surface area contributed by atoms with Crippen molar-refractivity contribution in [2.75, 3.05) is 11.1 Å². The number of rotatable bonds is 2. The highest BCUT2D eigenvalue weighted by atomic mass is 19.1. The number of aromatic amines is 1. The largest absolute Gasteiger partial charge is 0.397 e. The Hall–Kier alpha value is -2.44. The van der Waals surface area contributed by atoms with Crippen LogP contribution in [0.25, 0.3) is 0 Å². The van der Waals surface area contributed by atoms with Crippen LogP contribution in [0, 0.1) is 18.6 Å². The summed E-state index contributed by atoms with van der Waals surface area (Å²) in [7, 11) is 0. The van der Waals surface area contributed by atoms with E-state index < -0.39 is 17.5 Å². The fourth-order valence-corrected chi connectivity index (χ4v) is 1.49. The lowest BCUT2D eigenvalue weighted by Crippen LogP contribution is -2.15. The van der Waals surface area contributed by atoms with E-state index >= 15 is 0 Å². The molecule has 0 spiro atoms. The van der Waals surface area contributed by atoms with Gasteiger partial charge in [-0.1, -0.05) is 0 Å². The van der Waals surface area contributed by atoms with Crippen molar-refractivity contribution >= 4 is 17.3 Å². The molecule has 2 aromatic rings. The number of aryl methyl sites for hydroxylation is 1. The maximum atomic E-state index is 13.5. The van der Waals surface area contributed by atoms with Gasteiger partial charge in [0.1, 0.15) is 11.5 Å². The highest BCUT2D eigenvalue weighted by Gasteiger charge is 2.16. The number of carbonyl (C=O) groups is 1. The summed E-state index contributed by atoms with van der Waals surface area (Å²) < 4.78 is 26.3. The molecule has 0 radical (unpaired) electrons. The quantitative estimate of drug-likeness (QED) is 0.713. The number of nitrogens with zero attached hydrogens (tertiary/aromatic N) is 1. The number of nitrogens with one attached hydrogen (secondary N) is 2. The summed E-state index contributed by atoms with van der Waals surface area (Å²) in [6.45, 7) is 1.65. The van der Waals surface area contributed by atoms with Crippen LogP contribution in [0.1, 0.15) is 16.1 Å². The standard InChI is InChI=1S/C11H10F2N4O/c1-5-7(4-15-17-5)11(18)16-10-8(13)2-6(12)3-9(10)14/h2-4H,14H2,1H3,(H,15,17)(H,16,18). The molecule has 5 nitrogen and oxygen atoms in total. The first kappa shape index (κ1) is 12.0. The number of nitrogens with two attached hydrogens (primary N) is 1. The number of hydrogen-bond acceptors (Lipinski definition) is 3. The number of aromatic nitrogens is 2. The van der Waals surface area contributed by atoms with Gasteiger partial charge in [-0.15, -0.1) is 0 Å². The van der Waals surface area contributed by atoms with Crippen LogP contribution in [0.5, 0.6) is 0 Å². The Morgan fingerprint density at radius 1 is 1.44 bits per heavy atom. The topological polar surface area (TPSA) is 83.8 Å². The third-order valence-electron chi connectivity index (χ3n) is 2.40. The van der Waals surface area contributed by atoms with Gasteiger partial charge < -0.3 is 11.1 Å².